The first-order valence-electron chi connectivity index (χ1n) is 10.5. The van der Waals surface area contributed by atoms with Crippen LogP contribution in [0.4, 0.5) is 0 Å². The van der Waals surface area contributed by atoms with Crippen molar-refractivity contribution in [3.8, 4) is 11.5 Å². The Labute approximate surface area is 201 Å². The molecule has 0 heterocycles. The Balaban J connectivity index is 1.96. The van der Waals surface area contributed by atoms with E-state index in [2.05, 4.69) is 15.2 Å². The molecule has 3 aromatic carbocycles. The highest BCUT2D eigenvalue weighted by atomic mass is 16.7. The summed E-state index contributed by atoms with van der Waals surface area (Å²) in [5.74, 6) is 7.91. The third-order valence-corrected chi connectivity index (χ3v) is 5.17. The van der Waals surface area contributed by atoms with E-state index in [9.17, 15) is 14.4 Å². The Bertz CT molecular complexity index is 1270. The molecule has 35 heavy (non-hydrogen) atoms. The number of ether oxygens (including phenoxy) is 2. The molecule has 0 spiro atoms. The molecule has 0 aliphatic carbocycles. The molecule has 0 saturated heterocycles. The smallest absolute Gasteiger partial charge is 0.351 e. The number of rotatable bonds is 8. The van der Waals surface area contributed by atoms with E-state index in [0.29, 0.717) is 22.3 Å². The highest BCUT2D eigenvalue weighted by Gasteiger charge is 2.23. The highest BCUT2D eigenvalue weighted by Crippen LogP contribution is 2.31. The molecule has 0 saturated carbocycles. The minimum absolute atomic E-state index is 0.0161. The van der Waals surface area contributed by atoms with Gasteiger partial charge in [0.2, 0.25) is 0 Å². The number of nitrogens with two attached hydrogens (primary N) is 2. The predicted octanol–water partition coefficient (Wildman–Crippen LogP) is 3.40. The molecule has 0 radical (unpaired) electrons. The third kappa shape index (κ3) is 6.27. The van der Waals surface area contributed by atoms with Crippen LogP contribution in [0.5, 0.6) is 11.5 Å². The van der Waals surface area contributed by atoms with Crippen LogP contribution in [0.2, 0.25) is 0 Å². The van der Waals surface area contributed by atoms with Crippen molar-refractivity contribution in [3.63, 3.8) is 0 Å². The summed E-state index contributed by atoms with van der Waals surface area (Å²) in [5, 5.41) is 6.75. The summed E-state index contributed by atoms with van der Waals surface area (Å²) < 4.78 is 11.2. The molecule has 10 heteroatoms. The average Bonchev–Trinajstić information content (AvgIpc) is 2.85. The molecule has 3 rings (SSSR count). The summed E-state index contributed by atoms with van der Waals surface area (Å²) in [6.45, 7) is 3.55. The molecule has 4 N–H and O–H groups in total. The molecule has 0 bridgehead atoms. The number of nitrogens with zero attached hydrogens (tertiary/aromatic N) is 2. The van der Waals surface area contributed by atoms with Crippen LogP contribution in [0.1, 0.15) is 37.4 Å². The van der Waals surface area contributed by atoms with E-state index < -0.39 is 23.9 Å². The Hall–Kier alpha value is -4.57. The van der Waals surface area contributed by atoms with Crippen molar-refractivity contribution in [2.24, 2.45) is 22.1 Å². The maximum Gasteiger partial charge on any atom is 0.351 e. The van der Waals surface area contributed by atoms with Crippen molar-refractivity contribution >= 4 is 17.9 Å². The van der Waals surface area contributed by atoms with Crippen molar-refractivity contribution in [2.75, 3.05) is 0 Å². The SMILES string of the molecule is Cc1ccccc1C(=O)Oc1ccc(C[C@H](N=NN)C(=O)ON)cc1OC(=O)c1ccccc1C. The van der Waals surface area contributed by atoms with Gasteiger partial charge in [0.25, 0.3) is 0 Å². The Morgan fingerprint density at radius 3 is 1.89 bits per heavy atom. The monoisotopic (exact) mass is 476 g/mol. The van der Waals surface area contributed by atoms with E-state index in [0.717, 1.165) is 5.56 Å². The number of benzene rings is 3. The number of esters is 2. The minimum atomic E-state index is -1.12. The van der Waals surface area contributed by atoms with E-state index in [4.69, 9.17) is 21.2 Å². The quantitative estimate of drug-likeness (QED) is 0.165. The van der Waals surface area contributed by atoms with Gasteiger partial charge in [-0.3, -0.25) is 0 Å². The van der Waals surface area contributed by atoms with Crippen LogP contribution in [0.3, 0.4) is 0 Å². The van der Waals surface area contributed by atoms with Crippen molar-refractivity contribution in [1.82, 2.24) is 0 Å². The fourth-order valence-electron chi connectivity index (χ4n) is 3.31. The molecule has 1 atom stereocenters. The lowest BCUT2D eigenvalue weighted by molar-refractivity contribution is -0.145. The van der Waals surface area contributed by atoms with Gasteiger partial charge in [0.15, 0.2) is 17.5 Å². The van der Waals surface area contributed by atoms with Gasteiger partial charge >= 0.3 is 17.9 Å². The number of hydrogen-bond donors (Lipinski definition) is 2. The first-order chi connectivity index (χ1) is 16.8. The fraction of sp³-hybridized carbons (Fsp3) is 0.160. The number of hydrogen-bond acceptors (Lipinski definition) is 9. The van der Waals surface area contributed by atoms with E-state index >= 15 is 0 Å². The average molecular weight is 476 g/mol. The minimum Gasteiger partial charge on any atom is -0.419 e. The summed E-state index contributed by atoms with van der Waals surface area (Å²) in [6, 6.07) is 17.2. The molecule has 0 unspecified atom stereocenters. The van der Waals surface area contributed by atoms with Gasteiger partial charge in [-0.25, -0.2) is 14.4 Å². The second-order valence-electron chi connectivity index (χ2n) is 7.58. The summed E-state index contributed by atoms with van der Waals surface area (Å²) in [6.07, 6.45) is -0.0162. The van der Waals surface area contributed by atoms with E-state index in [1.54, 1.807) is 68.4 Å². The van der Waals surface area contributed by atoms with Gasteiger partial charge in [-0.2, -0.15) is 11.0 Å². The first kappa shape index (κ1) is 25.1. The summed E-state index contributed by atoms with van der Waals surface area (Å²) in [4.78, 5) is 41.8. The van der Waals surface area contributed by atoms with Gasteiger partial charge in [-0.15, -0.1) is 0 Å². The molecule has 0 aliphatic rings. The summed E-state index contributed by atoms with van der Waals surface area (Å²) in [7, 11) is 0. The third-order valence-electron chi connectivity index (χ3n) is 5.17. The number of aryl methyl sites for hydroxylation is 2. The van der Waals surface area contributed by atoms with Crippen LogP contribution in [-0.4, -0.2) is 23.9 Å². The van der Waals surface area contributed by atoms with E-state index in [1.165, 1.54) is 12.1 Å². The standard InChI is InChI=1S/C25H24N4O6/c1-15-7-3-5-9-18(15)23(30)33-21-12-11-17(13-20(28-29-26)25(32)35-27)14-22(21)34-24(31)19-10-6-4-8-16(19)2/h3-12,14,20H,13,27H2,1-2H3,(H2,26,28)/t20-/m0/s1. The normalized spacial score (nSPS) is 11.6. The van der Waals surface area contributed by atoms with E-state index in [-0.39, 0.29) is 17.9 Å². The van der Waals surface area contributed by atoms with Gasteiger partial charge in [-0.1, -0.05) is 47.7 Å². The Morgan fingerprint density at radius 2 is 1.37 bits per heavy atom. The largest absolute Gasteiger partial charge is 0.419 e. The van der Waals surface area contributed by atoms with E-state index in [1.807, 2.05) is 0 Å². The topological polar surface area (TPSA) is 156 Å². The zero-order valence-electron chi connectivity index (χ0n) is 19.1. The highest BCUT2D eigenvalue weighted by molar-refractivity contribution is 5.94. The molecular formula is C25H24N4O6. The Morgan fingerprint density at radius 1 is 0.829 bits per heavy atom. The Kier molecular flexibility index (Phi) is 8.25. The van der Waals surface area contributed by atoms with Crippen LogP contribution in [0.15, 0.2) is 77.1 Å². The van der Waals surface area contributed by atoms with Crippen molar-refractivity contribution in [1.29, 1.82) is 0 Å². The second kappa shape index (κ2) is 11.5. The first-order valence-corrected chi connectivity index (χ1v) is 10.5. The molecule has 10 nitrogen and oxygen atoms in total. The molecule has 3 aromatic rings. The van der Waals surface area contributed by atoms with Crippen molar-refractivity contribution in [3.05, 3.63) is 94.5 Å². The lowest BCUT2D eigenvalue weighted by atomic mass is 10.1. The van der Waals surface area contributed by atoms with Crippen molar-refractivity contribution in [2.45, 2.75) is 26.3 Å². The zero-order chi connectivity index (χ0) is 25.4. The van der Waals surface area contributed by atoms with Crippen LogP contribution in [0, 0.1) is 13.8 Å². The molecule has 0 aromatic heterocycles. The summed E-state index contributed by atoms with van der Waals surface area (Å²) in [5.41, 5.74) is 2.64. The molecule has 180 valence electrons. The fourth-order valence-corrected chi connectivity index (χ4v) is 3.31. The maximum absolute atomic E-state index is 12.9. The van der Waals surface area contributed by atoms with Crippen LogP contribution >= 0.6 is 0 Å². The molecular weight excluding hydrogens is 452 g/mol. The lowest BCUT2D eigenvalue weighted by Gasteiger charge is -2.14. The lowest BCUT2D eigenvalue weighted by Crippen LogP contribution is -2.26. The van der Waals surface area contributed by atoms with Gasteiger partial charge in [0, 0.05) is 6.42 Å². The van der Waals surface area contributed by atoms with Gasteiger partial charge < -0.3 is 20.2 Å². The zero-order valence-corrected chi connectivity index (χ0v) is 19.1. The van der Waals surface area contributed by atoms with Crippen LogP contribution in [-0.2, 0) is 16.1 Å². The second-order valence-corrected chi connectivity index (χ2v) is 7.58. The van der Waals surface area contributed by atoms with Gasteiger partial charge in [-0.05, 0) is 54.8 Å². The maximum atomic E-state index is 12.9. The predicted molar refractivity (Wildman–Crippen MR) is 126 cm³/mol. The van der Waals surface area contributed by atoms with Crippen LogP contribution in [0.25, 0.3) is 0 Å². The number of carbonyl (C=O) groups is 3. The molecule has 0 aliphatic heterocycles. The van der Waals surface area contributed by atoms with Crippen molar-refractivity contribution < 1.29 is 28.7 Å². The van der Waals surface area contributed by atoms with Crippen LogP contribution < -0.4 is 21.2 Å². The molecule has 0 amide bonds. The summed E-state index contributed by atoms with van der Waals surface area (Å²) >= 11 is 0. The number of carbonyl (C=O) groups excluding carboxylic acids is 3. The van der Waals surface area contributed by atoms with Gasteiger partial charge in [0.05, 0.1) is 11.1 Å². The van der Waals surface area contributed by atoms with Gasteiger partial charge in [0.1, 0.15) is 0 Å². The molecule has 0 fully saturated rings.